The van der Waals surface area contributed by atoms with Gasteiger partial charge in [-0.05, 0) is 37.1 Å². The van der Waals surface area contributed by atoms with Crippen molar-refractivity contribution in [3.8, 4) is 11.8 Å². The summed E-state index contributed by atoms with van der Waals surface area (Å²) in [4.78, 5) is 4.26. The van der Waals surface area contributed by atoms with E-state index in [1.54, 1.807) is 10.7 Å². The van der Waals surface area contributed by atoms with Gasteiger partial charge in [0.1, 0.15) is 28.2 Å². The number of nitrogen functional groups attached to an aromatic ring is 1. The number of anilines is 2. The SMILES string of the molecule is CS(=O)(=O)c1cccnc1NCCCc1nn(-c2ccccc2)c(N)c1C#N. The van der Waals surface area contributed by atoms with Gasteiger partial charge >= 0.3 is 0 Å². The third kappa shape index (κ3) is 4.13. The second-order valence-corrected chi connectivity index (χ2v) is 8.20. The molecule has 0 spiro atoms. The summed E-state index contributed by atoms with van der Waals surface area (Å²) in [7, 11) is -3.37. The number of nitriles is 1. The van der Waals surface area contributed by atoms with E-state index in [-0.39, 0.29) is 4.90 Å². The Balaban J connectivity index is 1.71. The van der Waals surface area contributed by atoms with Crippen molar-refractivity contribution < 1.29 is 8.42 Å². The summed E-state index contributed by atoms with van der Waals surface area (Å²) in [6.07, 6.45) is 3.82. The Morgan fingerprint density at radius 1 is 1.21 bits per heavy atom. The minimum absolute atomic E-state index is 0.158. The van der Waals surface area contributed by atoms with E-state index < -0.39 is 9.84 Å². The average Bonchev–Trinajstić information content (AvgIpc) is 3.01. The number of para-hydroxylation sites is 1. The molecule has 9 heteroatoms. The number of nitrogens with zero attached hydrogens (tertiary/aromatic N) is 4. The molecular formula is C19H20N6O2S. The maximum absolute atomic E-state index is 11.8. The second kappa shape index (κ2) is 8.10. The van der Waals surface area contributed by atoms with E-state index in [9.17, 15) is 13.7 Å². The van der Waals surface area contributed by atoms with Crippen LogP contribution in [0.3, 0.4) is 0 Å². The molecule has 2 aromatic heterocycles. The number of benzene rings is 1. The van der Waals surface area contributed by atoms with Crippen LogP contribution in [0.25, 0.3) is 5.69 Å². The molecule has 8 nitrogen and oxygen atoms in total. The number of nitrogens with two attached hydrogens (primary N) is 1. The number of hydrogen-bond acceptors (Lipinski definition) is 7. The van der Waals surface area contributed by atoms with Crippen LogP contribution < -0.4 is 11.1 Å². The smallest absolute Gasteiger partial charge is 0.179 e. The predicted octanol–water partition coefficient (Wildman–Crippen LogP) is 2.17. The molecule has 0 aliphatic heterocycles. The van der Waals surface area contributed by atoms with Crippen LogP contribution in [-0.2, 0) is 16.3 Å². The molecule has 1 aromatic carbocycles. The summed E-state index contributed by atoms with van der Waals surface area (Å²) >= 11 is 0. The van der Waals surface area contributed by atoms with Crippen LogP contribution in [0.1, 0.15) is 17.7 Å². The van der Waals surface area contributed by atoms with Gasteiger partial charge < -0.3 is 11.1 Å². The molecule has 0 aliphatic carbocycles. The lowest BCUT2D eigenvalue weighted by molar-refractivity contribution is 0.601. The number of sulfone groups is 1. The minimum atomic E-state index is -3.37. The predicted molar refractivity (Wildman–Crippen MR) is 107 cm³/mol. The highest BCUT2D eigenvalue weighted by Gasteiger charge is 2.17. The lowest BCUT2D eigenvalue weighted by atomic mass is 10.1. The van der Waals surface area contributed by atoms with Crippen LogP contribution in [0.4, 0.5) is 11.6 Å². The zero-order chi connectivity index (χ0) is 20.1. The Bertz CT molecular complexity index is 1120. The highest BCUT2D eigenvalue weighted by Crippen LogP contribution is 2.22. The highest BCUT2D eigenvalue weighted by molar-refractivity contribution is 7.90. The van der Waals surface area contributed by atoms with E-state index in [4.69, 9.17) is 5.73 Å². The zero-order valence-electron chi connectivity index (χ0n) is 15.3. The van der Waals surface area contributed by atoms with Gasteiger partial charge in [-0.25, -0.2) is 18.1 Å². The Labute approximate surface area is 163 Å². The first-order chi connectivity index (χ1) is 13.4. The molecule has 0 radical (unpaired) electrons. The fourth-order valence-electron chi connectivity index (χ4n) is 2.83. The van der Waals surface area contributed by atoms with E-state index in [1.807, 2.05) is 30.3 Å². The maximum atomic E-state index is 11.8. The second-order valence-electron chi connectivity index (χ2n) is 6.22. The van der Waals surface area contributed by atoms with E-state index in [2.05, 4.69) is 21.5 Å². The highest BCUT2D eigenvalue weighted by atomic mass is 32.2. The summed E-state index contributed by atoms with van der Waals surface area (Å²) in [5, 5.41) is 17.0. The molecule has 0 aliphatic rings. The Kier molecular flexibility index (Phi) is 5.61. The molecule has 28 heavy (non-hydrogen) atoms. The van der Waals surface area contributed by atoms with Gasteiger partial charge in [0.2, 0.25) is 0 Å². The van der Waals surface area contributed by atoms with Crippen LogP contribution >= 0.6 is 0 Å². The van der Waals surface area contributed by atoms with Crippen LogP contribution in [0.2, 0.25) is 0 Å². The number of hydrogen-bond donors (Lipinski definition) is 2. The average molecular weight is 396 g/mol. The van der Waals surface area contributed by atoms with E-state index >= 15 is 0 Å². The number of aromatic nitrogens is 3. The molecule has 0 saturated heterocycles. The number of rotatable bonds is 7. The van der Waals surface area contributed by atoms with Crippen LogP contribution in [0.15, 0.2) is 53.6 Å². The minimum Gasteiger partial charge on any atom is -0.382 e. The Morgan fingerprint density at radius 2 is 1.96 bits per heavy atom. The molecule has 0 unspecified atom stereocenters. The van der Waals surface area contributed by atoms with Gasteiger partial charge in [0.25, 0.3) is 0 Å². The van der Waals surface area contributed by atoms with Crippen molar-refractivity contribution in [3.05, 3.63) is 59.9 Å². The molecule has 0 saturated carbocycles. The lowest BCUT2D eigenvalue weighted by Crippen LogP contribution is -2.10. The normalized spacial score (nSPS) is 11.1. The molecule has 3 N–H and O–H groups in total. The van der Waals surface area contributed by atoms with Gasteiger partial charge in [-0.15, -0.1) is 0 Å². The molecule has 0 atom stereocenters. The molecular weight excluding hydrogens is 376 g/mol. The van der Waals surface area contributed by atoms with Crippen molar-refractivity contribution in [2.45, 2.75) is 17.7 Å². The summed E-state index contributed by atoms with van der Waals surface area (Å²) in [5.41, 5.74) is 7.85. The van der Waals surface area contributed by atoms with Crippen molar-refractivity contribution >= 4 is 21.5 Å². The van der Waals surface area contributed by atoms with E-state index in [0.29, 0.717) is 42.3 Å². The summed E-state index contributed by atoms with van der Waals surface area (Å²) in [6, 6.07) is 14.6. The van der Waals surface area contributed by atoms with Crippen molar-refractivity contribution in [3.63, 3.8) is 0 Å². The number of nitrogens with one attached hydrogen (secondary N) is 1. The number of pyridine rings is 1. The largest absolute Gasteiger partial charge is 0.382 e. The van der Waals surface area contributed by atoms with E-state index in [0.717, 1.165) is 11.9 Å². The van der Waals surface area contributed by atoms with Gasteiger partial charge in [-0.2, -0.15) is 10.4 Å². The molecule has 0 amide bonds. The lowest BCUT2D eigenvalue weighted by Gasteiger charge is -2.09. The molecule has 144 valence electrons. The van der Waals surface area contributed by atoms with E-state index in [1.165, 1.54) is 12.3 Å². The fraction of sp³-hybridized carbons (Fsp3) is 0.211. The van der Waals surface area contributed by atoms with Gasteiger partial charge in [0.15, 0.2) is 9.84 Å². The first kappa shape index (κ1) is 19.4. The Hall–Kier alpha value is -3.38. The van der Waals surface area contributed by atoms with Crippen LogP contribution in [0, 0.1) is 11.3 Å². The Morgan fingerprint density at radius 3 is 2.64 bits per heavy atom. The third-order valence-corrected chi connectivity index (χ3v) is 5.29. The molecule has 2 heterocycles. The van der Waals surface area contributed by atoms with Crippen molar-refractivity contribution in [2.24, 2.45) is 0 Å². The van der Waals surface area contributed by atoms with Gasteiger partial charge in [-0.3, -0.25) is 0 Å². The standard InChI is InChI=1S/C19H20N6O2S/c1-28(26,27)17-10-6-12-23-19(17)22-11-5-9-16-15(13-20)18(21)25(24-16)14-7-3-2-4-8-14/h2-4,6-8,10,12H,5,9,11,21H2,1H3,(H,22,23). The quantitative estimate of drug-likeness (QED) is 0.586. The first-order valence-electron chi connectivity index (χ1n) is 8.63. The molecule has 3 aromatic rings. The monoisotopic (exact) mass is 396 g/mol. The number of aryl methyl sites for hydroxylation is 1. The van der Waals surface area contributed by atoms with Crippen LogP contribution in [0.5, 0.6) is 0 Å². The van der Waals surface area contributed by atoms with Crippen molar-refractivity contribution in [2.75, 3.05) is 23.9 Å². The van der Waals surface area contributed by atoms with Crippen LogP contribution in [-0.4, -0.2) is 36.0 Å². The third-order valence-electron chi connectivity index (χ3n) is 4.16. The van der Waals surface area contributed by atoms with Gasteiger partial charge in [0.05, 0.1) is 11.4 Å². The van der Waals surface area contributed by atoms with Gasteiger partial charge in [0, 0.05) is 19.0 Å². The molecule has 3 rings (SSSR count). The van der Waals surface area contributed by atoms with Gasteiger partial charge in [-0.1, -0.05) is 18.2 Å². The van der Waals surface area contributed by atoms with Crippen molar-refractivity contribution in [1.82, 2.24) is 14.8 Å². The molecule has 0 fully saturated rings. The first-order valence-corrected chi connectivity index (χ1v) is 10.5. The summed E-state index contributed by atoms with van der Waals surface area (Å²) in [5.74, 6) is 0.626. The fourth-order valence-corrected chi connectivity index (χ4v) is 3.63. The molecule has 0 bridgehead atoms. The summed E-state index contributed by atoms with van der Waals surface area (Å²) in [6.45, 7) is 0.475. The summed E-state index contributed by atoms with van der Waals surface area (Å²) < 4.78 is 25.2. The topological polar surface area (TPSA) is 127 Å². The maximum Gasteiger partial charge on any atom is 0.179 e. The zero-order valence-corrected chi connectivity index (χ0v) is 16.1. The van der Waals surface area contributed by atoms with Crippen molar-refractivity contribution in [1.29, 1.82) is 5.26 Å².